The number of piperidine rings is 1. The third-order valence-electron chi connectivity index (χ3n) is 4.37. The Bertz CT molecular complexity index is 806. The van der Waals surface area contributed by atoms with Gasteiger partial charge in [-0.1, -0.05) is 0 Å². The average molecular weight is 386 g/mol. The molecule has 1 fully saturated rings. The molecule has 3 rings (SSSR count). The topological polar surface area (TPSA) is 54.7 Å². The van der Waals surface area contributed by atoms with Crippen LogP contribution >= 0.6 is 0 Å². The number of carbonyl (C=O) groups is 1. The van der Waals surface area contributed by atoms with Gasteiger partial charge in [0, 0.05) is 12.1 Å². The molecule has 0 unspecified atom stereocenters. The largest absolute Gasteiger partial charge is 0.479 e. The van der Waals surface area contributed by atoms with Gasteiger partial charge >= 0.3 is 0 Å². The number of amides is 1. The van der Waals surface area contributed by atoms with Gasteiger partial charge in [-0.05, 0) is 45.1 Å². The van der Waals surface area contributed by atoms with Crippen LogP contribution in [0.3, 0.4) is 0 Å². The van der Waals surface area contributed by atoms with Gasteiger partial charge in [-0.15, -0.1) is 0 Å². The first kappa shape index (κ1) is 19.2. The van der Waals surface area contributed by atoms with Crippen LogP contribution in [-0.2, 0) is 6.61 Å². The van der Waals surface area contributed by atoms with E-state index in [1.807, 2.05) is 7.05 Å². The smallest absolute Gasteiger partial charge is 0.287 e. The molecular weight excluding hydrogens is 368 g/mol. The molecule has 27 heavy (non-hydrogen) atoms. The molecule has 0 bridgehead atoms. The molecule has 2 heterocycles. The van der Waals surface area contributed by atoms with Crippen LogP contribution in [0.4, 0.5) is 17.6 Å². The number of hydrogen-bond acceptors (Lipinski definition) is 4. The summed E-state index contributed by atoms with van der Waals surface area (Å²) in [4.78, 5) is 14.4. The highest BCUT2D eigenvalue weighted by molar-refractivity contribution is 5.91. The van der Waals surface area contributed by atoms with E-state index in [9.17, 15) is 22.4 Å². The van der Waals surface area contributed by atoms with Crippen molar-refractivity contribution in [3.63, 3.8) is 0 Å². The Morgan fingerprint density at radius 2 is 1.81 bits per heavy atom. The van der Waals surface area contributed by atoms with Crippen molar-refractivity contribution < 1.29 is 31.5 Å². The SMILES string of the molecule is CN1CCC(NC(=O)c2ccc(COc3c(F)c(F)cc(F)c3F)o2)CC1. The normalized spacial score (nSPS) is 15.7. The van der Waals surface area contributed by atoms with E-state index in [1.165, 1.54) is 12.1 Å². The lowest BCUT2D eigenvalue weighted by Crippen LogP contribution is -2.43. The van der Waals surface area contributed by atoms with E-state index in [1.54, 1.807) is 0 Å². The van der Waals surface area contributed by atoms with Crippen molar-refractivity contribution in [3.8, 4) is 5.75 Å². The van der Waals surface area contributed by atoms with Crippen LogP contribution < -0.4 is 10.1 Å². The second kappa shape index (κ2) is 7.99. The number of furan rings is 1. The minimum Gasteiger partial charge on any atom is -0.479 e. The number of rotatable bonds is 5. The first-order valence-corrected chi connectivity index (χ1v) is 8.39. The lowest BCUT2D eigenvalue weighted by molar-refractivity contribution is 0.0884. The molecule has 0 atom stereocenters. The summed E-state index contributed by atoms with van der Waals surface area (Å²) < 4.78 is 63.5. The van der Waals surface area contributed by atoms with E-state index in [2.05, 4.69) is 10.2 Å². The van der Waals surface area contributed by atoms with Gasteiger partial charge in [0.05, 0.1) is 0 Å². The summed E-state index contributed by atoms with van der Waals surface area (Å²) in [6, 6.07) is 2.91. The summed E-state index contributed by atoms with van der Waals surface area (Å²) in [7, 11) is 2.01. The second-order valence-electron chi connectivity index (χ2n) is 6.40. The zero-order valence-corrected chi connectivity index (χ0v) is 14.5. The minimum atomic E-state index is -1.64. The molecule has 1 aromatic carbocycles. The third-order valence-corrected chi connectivity index (χ3v) is 4.37. The number of carbonyl (C=O) groups excluding carboxylic acids is 1. The fourth-order valence-electron chi connectivity index (χ4n) is 2.81. The summed E-state index contributed by atoms with van der Waals surface area (Å²) >= 11 is 0. The summed E-state index contributed by atoms with van der Waals surface area (Å²) in [5.74, 6) is -7.92. The fourth-order valence-corrected chi connectivity index (χ4v) is 2.81. The number of ether oxygens (including phenoxy) is 1. The van der Waals surface area contributed by atoms with Crippen LogP contribution in [-0.4, -0.2) is 37.0 Å². The lowest BCUT2D eigenvalue weighted by atomic mass is 10.1. The average Bonchev–Trinajstić information content (AvgIpc) is 3.11. The van der Waals surface area contributed by atoms with E-state index in [-0.39, 0.29) is 23.6 Å². The van der Waals surface area contributed by atoms with Gasteiger partial charge in [-0.2, -0.15) is 8.78 Å². The number of nitrogens with zero attached hydrogens (tertiary/aromatic N) is 1. The molecule has 1 aliphatic rings. The summed E-state index contributed by atoms with van der Waals surface area (Å²) in [5, 5.41) is 2.86. The van der Waals surface area contributed by atoms with Crippen LogP contribution in [0.25, 0.3) is 0 Å². The van der Waals surface area contributed by atoms with Gasteiger partial charge in [-0.25, -0.2) is 8.78 Å². The molecular formula is C18H18F4N2O3. The van der Waals surface area contributed by atoms with Gasteiger partial charge in [0.15, 0.2) is 23.1 Å². The van der Waals surface area contributed by atoms with Crippen molar-refractivity contribution >= 4 is 5.91 Å². The number of benzene rings is 1. The third kappa shape index (κ3) is 4.41. The Labute approximate surface area is 152 Å². The van der Waals surface area contributed by atoms with Crippen LogP contribution in [0.5, 0.6) is 5.75 Å². The van der Waals surface area contributed by atoms with Crippen molar-refractivity contribution in [3.05, 3.63) is 53.0 Å². The van der Waals surface area contributed by atoms with Crippen LogP contribution in [0.1, 0.15) is 29.2 Å². The predicted molar refractivity (Wildman–Crippen MR) is 87.3 cm³/mol. The van der Waals surface area contributed by atoms with E-state index < -0.39 is 41.5 Å². The van der Waals surface area contributed by atoms with Crippen molar-refractivity contribution in [1.29, 1.82) is 0 Å². The second-order valence-corrected chi connectivity index (χ2v) is 6.40. The first-order valence-electron chi connectivity index (χ1n) is 8.39. The molecule has 1 saturated heterocycles. The van der Waals surface area contributed by atoms with Crippen molar-refractivity contribution in [2.24, 2.45) is 0 Å². The Balaban J connectivity index is 1.61. The number of hydrogen-bond donors (Lipinski definition) is 1. The molecule has 0 saturated carbocycles. The molecule has 1 aromatic heterocycles. The predicted octanol–water partition coefficient (Wildman–Crippen LogP) is 3.24. The molecule has 5 nitrogen and oxygen atoms in total. The van der Waals surface area contributed by atoms with Gasteiger partial charge < -0.3 is 19.4 Å². The molecule has 0 spiro atoms. The first-order chi connectivity index (χ1) is 12.8. The molecule has 0 aliphatic carbocycles. The van der Waals surface area contributed by atoms with Crippen LogP contribution in [0.2, 0.25) is 0 Å². The maximum absolute atomic E-state index is 13.6. The van der Waals surface area contributed by atoms with E-state index in [0.29, 0.717) is 0 Å². The molecule has 146 valence electrons. The number of nitrogens with one attached hydrogen (secondary N) is 1. The molecule has 1 aliphatic heterocycles. The standard InChI is InChI=1S/C18H18F4N2O3/c1-24-6-4-10(5-7-24)23-18(25)14-3-2-11(27-14)9-26-17-15(21)12(19)8-13(20)16(17)22/h2-3,8,10H,4-7,9H2,1H3,(H,23,25). The van der Waals surface area contributed by atoms with E-state index in [4.69, 9.17) is 9.15 Å². The molecule has 0 radical (unpaired) electrons. The highest BCUT2D eigenvalue weighted by Gasteiger charge is 2.23. The van der Waals surface area contributed by atoms with Crippen molar-refractivity contribution in [2.45, 2.75) is 25.5 Å². The highest BCUT2D eigenvalue weighted by Crippen LogP contribution is 2.27. The van der Waals surface area contributed by atoms with Gasteiger partial charge in [0.25, 0.3) is 5.91 Å². The quantitative estimate of drug-likeness (QED) is 0.633. The Morgan fingerprint density at radius 3 is 2.44 bits per heavy atom. The zero-order valence-electron chi connectivity index (χ0n) is 14.5. The maximum Gasteiger partial charge on any atom is 0.287 e. The summed E-state index contributed by atoms with van der Waals surface area (Å²) in [5.41, 5.74) is 0. The summed E-state index contributed by atoms with van der Waals surface area (Å²) in [6.45, 7) is 1.26. The van der Waals surface area contributed by atoms with Crippen molar-refractivity contribution in [2.75, 3.05) is 20.1 Å². The van der Waals surface area contributed by atoms with Gasteiger partial charge in [0.2, 0.25) is 11.6 Å². The van der Waals surface area contributed by atoms with Crippen molar-refractivity contribution in [1.82, 2.24) is 10.2 Å². The van der Waals surface area contributed by atoms with Gasteiger partial charge in [-0.3, -0.25) is 4.79 Å². The van der Waals surface area contributed by atoms with E-state index in [0.717, 1.165) is 25.9 Å². The molecule has 2 aromatic rings. The summed E-state index contributed by atoms with van der Waals surface area (Å²) in [6.07, 6.45) is 1.64. The number of halogens is 4. The van der Waals surface area contributed by atoms with Crippen LogP contribution in [0.15, 0.2) is 22.6 Å². The van der Waals surface area contributed by atoms with Gasteiger partial charge in [0.1, 0.15) is 12.4 Å². The monoisotopic (exact) mass is 386 g/mol. The highest BCUT2D eigenvalue weighted by atomic mass is 19.2. The van der Waals surface area contributed by atoms with E-state index >= 15 is 0 Å². The maximum atomic E-state index is 13.6. The minimum absolute atomic E-state index is 0.0129. The number of likely N-dealkylation sites (tertiary alicyclic amines) is 1. The Morgan fingerprint density at radius 1 is 1.19 bits per heavy atom. The lowest BCUT2D eigenvalue weighted by Gasteiger charge is -2.29. The fraction of sp³-hybridized carbons (Fsp3) is 0.389. The van der Waals surface area contributed by atoms with Crippen LogP contribution in [0, 0.1) is 23.3 Å². The zero-order chi connectivity index (χ0) is 19.6. The molecule has 9 heteroatoms. The molecule has 1 N–H and O–H groups in total. The molecule has 1 amide bonds. The Hall–Kier alpha value is -2.55. The Kier molecular flexibility index (Phi) is 5.69.